The first-order chi connectivity index (χ1) is 17.9. The molecule has 3 rings (SSSR count). The number of carbonyl (C=O) groups is 2. The van der Waals surface area contributed by atoms with Crippen molar-refractivity contribution in [2.75, 3.05) is 17.1 Å². The van der Waals surface area contributed by atoms with Gasteiger partial charge in [0.1, 0.15) is 12.6 Å². The van der Waals surface area contributed by atoms with E-state index in [4.69, 9.17) is 0 Å². The second-order valence-electron chi connectivity index (χ2n) is 9.62. The van der Waals surface area contributed by atoms with Gasteiger partial charge in [0.15, 0.2) is 0 Å². The van der Waals surface area contributed by atoms with E-state index in [0.717, 1.165) is 31.7 Å². The van der Waals surface area contributed by atoms with Crippen LogP contribution in [0.2, 0.25) is 0 Å². The number of sulfonamides is 1. The molecule has 38 heavy (non-hydrogen) atoms. The first-order valence-electron chi connectivity index (χ1n) is 12.4. The van der Waals surface area contributed by atoms with E-state index in [9.17, 15) is 18.0 Å². The van der Waals surface area contributed by atoms with E-state index in [1.54, 1.807) is 24.3 Å². The molecule has 1 atom stereocenters. The zero-order valence-electron chi connectivity index (χ0n) is 22.1. The number of amides is 2. The number of benzene rings is 3. The summed E-state index contributed by atoms with van der Waals surface area (Å²) >= 11 is 3.36. The summed E-state index contributed by atoms with van der Waals surface area (Å²) in [7, 11) is -3.79. The van der Waals surface area contributed by atoms with Crippen molar-refractivity contribution in [1.82, 2.24) is 10.2 Å². The van der Waals surface area contributed by atoms with Gasteiger partial charge in [-0.05, 0) is 56.2 Å². The monoisotopic (exact) mass is 599 g/mol. The molecule has 0 saturated carbocycles. The lowest BCUT2D eigenvalue weighted by Gasteiger charge is -2.34. The third kappa shape index (κ3) is 8.43. The second kappa shape index (κ2) is 13.1. The van der Waals surface area contributed by atoms with Crippen molar-refractivity contribution in [3.05, 3.63) is 100 Å². The molecule has 3 aromatic rings. The number of aryl methyl sites for hydroxylation is 1. The molecule has 0 aromatic heterocycles. The van der Waals surface area contributed by atoms with Crippen LogP contribution in [-0.4, -0.2) is 50.0 Å². The lowest BCUT2D eigenvalue weighted by atomic mass is 10.0. The molecule has 7 nitrogen and oxygen atoms in total. The average molecular weight is 601 g/mol. The van der Waals surface area contributed by atoms with Crippen molar-refractivity contribution in [3.8, 4) is 0 Å². The Morgan fingerprint density at radius 3 is 2.05 bits per heavy atom. The summed E-state index contributed by atoms with van der Waals surface area (Å²) in [5.41, 5.74) is 3.17. The Morgan fingerprint density at radius 1 is 0.895 bits per heavy atom. The van der Waals surface area contributed by atoms with Gasteiger partial charge in [0.25, 0.3) is 0 Å². The minimum Gasteiger partial charge on any atom is -0.352 e. The molecule has 0 fully saturated rings. The van der Waals surface area contributed by atoms with Crippen LogP contribution in [-0.2, 0) is 32.6 Å². The predicted molar refractivity (Wildman–Crippen MR) is 155 cm³/mol. The van der Waals surface area contributed by atoms with E-state index in [1.807, 2.05) is 75.4 Å². The average Bonchev–Trinajstić information content (AvgIpc) is 2.86. The summed E-state index contributed by atoms with van der Waals surface area (Å²) in [6.07, 6.45) is 1.35. The highest BCUT2D eigenvalue weighted by Gasteiger charge is 2.33. The normalized spacial score (nSPS) is 12.2. The largest absolute Gasteiger partial charge is 0.352 e. The van der Waals surface area contributed by atoms with Crippen LogP contribution in [0.5, 0.6) is 0 Å². The molecule has 1 N–H and O–H groups in total. The zero-order valence-corrected chi connectivity index (χ0v) is 24.5. The lowest BCUT2D eigenvalue weighted by Crippen LogP contribution is -2.54. The summed E-state index contributed by atoms with van der Waals surface area (Å²) in [6.45, 7) is 5.42. The van der Waals surface area contributed by atoms with Gasteiger partial charge in [-0.3, -0.25) is 13.9 Å². The summed E-state index contributed by atoms with van der Waals surface area (Å²) in [6, 6.07) is 22.9. The minimum atomic E-state index is -3.79. The van der Waals surface area contributed by atoms with Gasteiger partial charge in [0.05, 0.1) is 11.9 Å². The van der Waals surface area contributed by atoms with Crippen LogP contribution < -0.4 is 9.62 Å². The third-order valence-electron chi connectivity index (χ3n) is 5.97. The molecule has 3 aromatic carbocycles. The maximum Gasteiger partial charge on any atom is 0.244 e. The number of carbonyl (C=O) groups excluding carboxylic acids is 2. The van der Waals surface area contributed by atoms with Crippen molar-refractivity contribution in [2.45, 2.75) is 45.8 Å². The highest BCUT2D eigenvalue weighted by Crippen LogP contribution is 2.22. The van der Waals surface area contributed by atoms with E-state index < -0.39 is 28.5 Å². The van der Waals surface area contributed by atoms with E-state index in [-0.39, 0.29) is 24.9 Å². The maximum atomic E-state index is 14.0. The molecule has 202 valence electrons. The standard InChI is InChI=1S/C29H34BrN3O4S/c1-21(2)31-29(35)27(18-23-8-6-5-7-9-23)32(19-24-12-10-22(3)11-13-24)28(34)20-33(38(4,36)37)26-16-14-25(30)15-17-26/h5-17,21,27H,18-20H2,1-4H3,(H,31,35)/t27-/m1/s1. The molecule has 0 aliphatic rings. The van der Waals surface area contributed by atoms with E-state index in [2.05, 4.69) is 21.2 Å². The predicted octanol–water partition coefficient (Wildman–Crippen LogP) is 4.69. The van der Waals surface area contributed by atoms with Crippen molar-refractivity contribution in [2.24, 2.45) is 0 Å². The summed E-state index contributed by atoms with van der Waals surface area (Å²) in [5, 5.41) is 2.94. The molecule has 0 saturated heterocycles. The van der Waals surface area contributed by atoms with Crippen molar-refractivity contribution < 1.29 is 18.0 Å². The summed E-state index contributed by atoms with van der Waals surface area (Å²) in [4.78, 5) is 29.0. The van der Waals surface area contributed by atoms with Gasteiger partial charge >= 0.3 is 0 Å². The summed E-state index contributed by atoms with van der Waals surface area (Å²) < 4.78 is 27.4. The molecule has 2 amide bonds. The summed E-state index contributed by atoms with van der Waals surface area (Å²) in [5.74, 6) is -0.766. The number of rotatable bonds is 11. The maximum absolute atomic E-state index is 14.0. The van der Waals surface area contributed by atoms with Gasteiger partial charge in [0.2, 0.25) is 21.8 Å². The number of nitrogens with one attached hydrogen (secondary N) is 1. The van der Waals surface area contributed by atoms with Crippen LogP contribution in [0.25, 0.3) is 0 Å². The van der Waals surface area contributed by atoms with E-state index >= 15 is 0 Å². The van der Waals surface area contributed by atoms with Crippen molar-refractivity contribution >= 4 is 43.5 Å². The highest BCUT2D eigenvalue weighted by molar-refractivity contribution is 9.10. The molecule has 9 heteroatoms. The number of hydrogen-bond donors (Lipinski definition) is 1. The van der Waals surface area contributed by atoms with Crippen molar-refractivity contribution in [1.29, 1.82) is 0 Å². The molecule has 0 heterocycles. The quantitative estimate of drug-likeness (QED) is 0.346. The van der Waals surface area contributed by atoms with Gasteiger partial charge in [-0.15, -0.1) is 0 Å². The van der Waals surface area contributed by atoms with Crippen LogP contribution >= 0.6 is 15.9 Å². The molecule has 0 spiro atoms. The van der Waals surface area contributed by atoms with Crippen LogP contribution in [0.4, 0.5) is 5.69 Å². The molecular formula is C29H34BrN3O4S. The fourth-order valence-electron chi connectivity index (χ4n) is 4.05. The molecule has 0 unspecified atom stereocenters. The SMILES string of the molecule is Cc1ccc(CN(C(=O)CN(c2ccc(Br)cc2)S(C)(=O)=O)[C@H](Cc2ccccc2)C(=O)NC(C)C)cc1. The van der Waals surface area contributed by atoms with Gasteiger partial charge in [-0.2, -0.15) is 0 Å². The first kappa shape index (κ1) is 29.4. The molecule has 0 bridgehead atoms. The molecular weight excluding hydrogens is 566 g/mol. The third-order valence-corrected chi connectivity index (χ3v) is 7.64. The topological polar surface area (TPSA) is 86.8 Å². The lowest BCUT2D eigenvalue weighted by molar-refractivity contribution is -0.140. The smallest absolute Gasteiger partial charge is 0.244 e. The minimum absolute atomic E-state index is 0.132. The Morgan fingerprint density at radius 2 is 1.50 bits per heavy atom. The van der Waals surface area contributed by atoms with Gasteiger partial charge < -0.3 is 10.2 Å². The van der Waals surface area contributed by atoms with Crippen molar-refractivity contribution in [3.63, 3.8) is 0 Å². The van der Waals surface area contributed by atoms with E-state index in [0.29, 0.717) is 5.69 Å². The van der Waals surface area contributed by atoms with Crippen LogP contribution in [0, 0.1) is 6.92 Å². The number of hydrogen-bond acceptors (Lipinski definition) is 4. The van der Waals surface area contributed by atoms with E-state index in [1.165, 1.54) is 4.90 Å². The first-order valence-corrected chi connectivity index (χ1v) is 15.0. The Balaban J connectivity index is 2.04. The van der Waals surface area contributed by atoms with Gasteiger partial charge in [0, 0.05) is 23.5 Å². The van der Waals surface area contributed by atoms with Crippen LogP contribution in [0.1, 0.15) is 30.5 Å². The Bertz CT molecular complexity index is 1330. The number of nitrogens with zero attached hydrogens (tertiary/aromatic N) is 2. The van der Waals surface area contributed by atoms with Gasteiger partial charge in [-0.1, -0.05) is 76.1 Å². The zero-order chi connectivity index (χ0) is 27.9. The van der Waals surface area contributed by atoms with Crippen LogP contribution in [0.3, 0.4) is 0 Å². The fraction of sp³-hybridized carbons (Fsp3) is 0.310. The Labute approximate surface area is 234 Å². The Hall–Kier alpha value is -3.17. The second-order valence-corrected chi connectivity index (χ2v) is 12.4. The Kier molecular flexibility index (Phi) is 10.1. The fourth-order valence-corrected chi connectivity index (χ4v) is 5.16. The molecule has 0 aliphatic heterocycles. The number of halogens is 1. The molecule has 0 aliphatic carbocycles. The highest BCUT2D eigenvalue weighted by atomic mass is 79.9. The van der Waals surface area contributed by atoms with Crippen LogP contribution in [0.15, 0.2) is 83.3 Å². The molecule has 0 radical (unpaired) electrons. The number of anilines is 1. The van der Waals surface area contributed by atoms with Gasteiger partial charge in [-0.25, -0.2) is 8.42 Å².